The lowest BCUT2D eigenvalue weighted by Crippen LogP contribution is -2.31. The summed E-state index contributed by atoms with van der Waals surface area (Å²) in [6.45, 7) is 5.09. The normalized spacial score (nSPS) is 12.6. The minimum absolute atomic E-state index is 0.138. The van der Waals surface area contributed by atoms with Gasteiger partial charge in [-0.3, -0.25) is 0 Å². The predicted octanol–water partition coefficient (Wildman–Crippen LogP) is 2.17. The van der Waals surface area contributed by atoms with Crippen LogP contribution < -0.4 is 0 Å². The third-order valence-corrected chi connectivity index (χ3v) is 5.18. The van der Waals surface area contributed by atoms with Gasteiger partial charge in [-0.1, -0.05) is 38.1 Å². The van der Waals surface area contributed by atoms with Gasteiger partial charge in [0.1, 0.15) is 0 Å². The van der Waals surface area contributed by atoms with Gasteiger partial charge in [-0.25, -0.2) is 12.7 Å². The van der Waals surface area contributed by atoms with Crippen LogP contribution in [-0.2, 0) is 23.1 Å². The average Bonchev–Trinajstić information content (AvgIpc) is 2.29. The van der Waals surface area contributed by atoms with Gasteiger partial charge in [-0.05, 0) is 31.1 Å². The van der Waals surface area contributed by atoms with E-state index < -0.39 is 10.0 Å². The molecule has 0 aliphatic heterocycles. The molecule has 0 aliphatic rings. The van der Waals surface area contributed by atoms with Gasteiger partial charge in [0, 0.05) is 20.1 Å². The van der Waals surface area contributed by atoms with Crippen molar-refractivity contribution < 1.29 is 8.42 Å². The Morgan fingerprint density at radius 1 is 1.00 bits per heavy atom. The first-order chi connectivity index (χ1) is 9.22. The van der Waals surface area contributed by atoms with Crippen molar-refractivity contribution >= 4 is 10.0 Å². The summed E-state index contributed by atoms with van der Waals surface area (Å²) >= 11 is 0. The quantitative estimate of drug-likeness (QED) is 0.774. The van der Waals surface area contributed by atoms with Crippen molar-refractivity contribution in [3.8, 4) is 0 Å². The van der Waals surface area contributed by atoms with Gasteiger partial charge in [-0.2, -0.15) is 0 Å². The molecule has 20 heavy (non-hydrogen) atoms. The van der Waals surface area contributed by atoms with Crippen LogP contribution in [0.2, 0.25) is 0 Å². The second kappa shape index (κ2) is 7.20. The Morgan fingerprint density at radius 2 is 1.50 bits per heavy atom. The summed E-state index contributed by atoms with van der Waals surface area (Å²) in [6, 6.07) is 8.00. The van der Waals surface area contributed by atoms with Gasteiger partial charge in [0.05, 0.1) is 5.75 Å². The van der Waals surface area contributed by atoms with Crippen LogP contribution in [-0.4, -0.2) is 44.5 Å². The fourth-order valence-electron chi connectivity index (χ4n) is 2.09. The number of benzene rings is 1. The summed E-state index contributed by atoms with van der Waals surface area (Å²) in [6.07, 6.45) is 0. The maximum absolute atomic E-state index is 12.2. The first kappa shape index (κ1) is 17.1. The van der Waals surface area contributed by atoms with E-state index in [1.807, 2.05) is 46.1 Å². The molecule has 1 aromatic rings. The molecule has 0 radical (unpaired) electrons. The topological polar surface area (TPSA) is 40.6 Å². The summed E-state index contributed by atoms with van der Waals surface area (Å²) in [5.74, 6) is 0.332. The van der Waals surface area contributed by atoms with Crippen LogP contribution in [0, 0.1) is 5.92 Å². The van der Waals surface area contributed by atoms with Crippen molar-refractivity contribution in [1.29, 1.82) is 0 Å². The fourth-order valence-corrected chi connectivity index (χ4v) is 3.53. The van der Waals surface area contributed by atoms with Crippen molar-refractivity contribution in [2.75, 3.05) is 26.9 Å². The Hall–Kier alpha value is -0.910. The molecule has 0 atom stereocenters. The monoisotopic (exact) mass is 298 g/mol. The molecule has 0 spiro atoms. The second-order valence-electron chi connectivity index (χ2n) is 5.93. The Labute approximate surface area is 123 Å². The average molecular weight is 298 g/mol. The minimum atomic E-state index is -3.18. The molecule has 0 N–H and O–H groups in total. The summed E-state index contributed by atoms with van der Waals surface area (Å²) in [4.78, 5) is 2.08. The number of nitrogens with zero attached hydrogens (tertiary/aromatic N) is 2. The lowest BCUT2D eigenvalue weighted by atomic mass is 10.1. The summed E-state index contributed by atoms with van der Waals surface area (Å²) < 4.78 is 25.8. The van der Waals surface area contributed by atoms with E-state index in [2.05, 4.69) is 11.0 Å². The zero-order valence-corrected chi connectivity index (χ0v) is 13.9. The molecular formula is C15H26N2O2S. The summed E-state index contributed by atoms with van der Waals surface area (Å²) in [5, 5.41) is 0. The van der Waals surface area contributed by atoms with Crippen molar-refractivity contribution in [3.63, 3.8) is 0 Å². The van der Waals surface area contributed by atoms with Gasteiger partial charge in [0.2, 0.25) is 10.0 Å². The standard InChI is InChI=1S/C15H26N2O2S/c1-13(2)12-20(18,19)17(5)11-15-9-7-6-8-14(15)10-16(3)4/h6-9,13H,10-12H2,1-5H3. The van der Waals surface area contributed by atoms with Gasteiger partial charge >= 0.3 is 0 Å². The maximum Gasteiger partial charge on any atom is 0.214 e. The third kappa shape index (κ3) is 5.23. The second-order valence-corrected chi connectivity index (χ2v) is 8.06. The first-order valence-electron chi connectivity index (χ1n) is 6.88. The molecule has 0 aliphatic carbocycles. The molecule has 0 aromatic heterocycles. The zero-order chi connectivity index (χ0) is 15.3. The lowest BCUT2D eigenvalue weighted by molar-refractivity contribution is 0.397. The molecule has 0 heterocycles. The molecular weight excluding hydrogens is 272 g/mol. The lowest BCUT2D eigenvalue weighted by Gasteiger charge is -2.21. The van der Waals surface area contributed by atoms with Crippen LogP contribution in [0.1, 0.15) is 25.0 Å². The highest BCUT2D eigenvalue weighted by atomic mass is 32.2. The van der Waals surface area contributed by atoms with E-state index >= 15 is 0 Å². The molecule has 0 fully saturated rings. The highest BCUT2D eigenvalue weighted by molar-refractivity contribution is 7.89. The van der Waals surface area contributed by atoms with Crippen molar-refractivity contribution in [2.24, 2.45) is 5.92 Å². The number of sulfonamides is 1. The zero-order valence-electron chi connectivity index (χ0n) is 13.1. The van der Waals surface area contributed by atoms with Gasteiger partial charge in [-0.15, -0.1) is 0 Å². The Balaban J connectivity index is 2.88. The van der Waals surface area contributed by atoms with Crippen LogP contribution in [0.15, 0.2) is 24.3 Å². The van der Waals surface area contributed by atoms with Crippen molar-refractivity contribution in [1.82, 2.24) is 9.21 Å². The number of hydrogen-bond donors (Lipinski definition) is 0. The van der Waals surface area contributed by atoms with Crippen molar-refractivity contribution in [2.45, 2.75) is 26.9 Å². The largest absolute Gasteiger partial charge is 0.305 e. The van der Waals surface area contributed by atoms with E-state index in [4.69, 9.17) is 0 Å². The predicted molar refractivity (Wildman–Crippen MR) is 83.9 cm³/mol. The molecule has 0 bridgehead atoms. The highest BCUT2D eigenvalue weighted by Crippen LogP contribution is 2.15. The van der Waals surface area contributed by atoms with E-state index in [-0.39, 0.29) is 11.7 Å². The first-order valence-corrected chi connectivity index (χ1v) is 8.49. The molecule has 4 nitrogen and oxygen atoms in total. The molecule has 1 aromatic carbocycles. The summed E-state index contributed by atoms with van der Waals surface area (Å²) in [5.41, 5.74) is 2.24. The molecule has 0 saturated heterocycles. The minimum Gasteiger partial charge on any atom is -0.305 e. The van der Waals surface area contributed by atoms with Gasteiger partial charge in [0.15, 0.2) is 0 Å². The van der Waals surface area contributed by atoms with E-state index in [1.165, 1.54) is 9.87 Å². The Kier molecular flexibility index (Phi) is 6.17. The Bertz CT molecular complexity index is 524. The highest BCUT2D eigenvalue weighted by Gasteiger charge is 2.20. The maximum atomic E-state index is 12.2. The van der Waals surface area contributed by atoms with Crippen LogP contribution in [0.3, 0.4) is 0 Å². The van der Waals surface area contributed by atoms with Crippen LogP contribution >= 0.6 is 0 Å². The SMILES string of the molecule is CC(C)CS(=O)(=O)N(C)Cc1ccccc1CN(C)C. The van der Waals surface area contributed by atoms with Gasteiger partial charge < -0.3 is 4.90 Å². The van der Waals surface area contributed by atoms with Crippen LogP contribution in [0.4, 0.5) is 0 Å². The molecule has 5 heteroatoms. The molecule has 114 valence electrons. The van der Waals surface area contributed by atoms with Crippen molar-refractivity contribution in [3.05, 3.63) is 35.4 Å². The fraction of sp³-hybridized carbons (Fsp3) is 0.600. The number of rotatable bonds is 7. The van der Waals surface area contributed by atoms with E-state index in [0.717, 1.165) is 12.1 Å². The molecule has 1 rings (SSSR count). The van der Waals surface area contributed by atoms with E-state index in [0.29, 0.717) is 6.54 Å². The van der Waals surface area contributed by atoms with Gasteiger partial charge in [0.25, 0.3) is 0 Å². The van der Waals surface area contributed by atoms with Crippen LogP contribution in [0.25, 0.3) is 0 Å². The summed E-state index contributed by atoms with van der Waals surface area (Å²) in [7, 11) is 2.49. The molecule has 0 amide bonds. The number of hydrogen-bond acceptors (Lipinski definition) is 3. The van der Waals surface area contributed by atoms with E-state index in [9.17, 15) is 8.42 Å². The van der Waals surface area contributed by atoms with Crippen LogP contribution in [0.5, 0.6) is 0 Å². The third-order valence-electron chi connectivity index (χ3n) is 3.02. The molecule has 0 saturated carbocycles. The Morgan fingerprint density at radius 3 is 1.95 bits per heavy atom. The van der Waals surface area contributed by atoms with E-state index in [1.54, 1.807) is 7.05 Å². The smallest absolute Gasteiger partial charge is 0.214 e. The molecule has 0 unspecified atom stereocenters.